The summed E-state index contributed by atoms with van der Waals surface area (Å²) >= 11 is 6.06. The lowest BCUT2D eigenvalue weighted by molar-refractivity contribution is 0.341. The summed E-state index contributed by atoms with van der Waals surface area (Å²) in [6, 6.07) is 33.4. The van der Waals surface area contributed by atoms with Crippen molar-refractivity contribution in [2.24, 2.45) is 0 Å². The summed E-state index contributed by atoms with van der Waals surface area (Å²) in [7, 11) is 5.44. The molecule has 306 valence electrons. The molecule has 7 heteroatoms. The van der Waals surface area contributed by atoms with Gasteiger partial charge < -0.3 is 0 Å². The molecule has 3 atom stereocenters. The normalized spacial score (nSPS) is 23.3. The minimum Gasteiger partial charge on any atom is -0.290 e. The molecule has 0 saturated heterocycles. The molecule has 2 aliphatic carbocycles. The number of rotatable bonds is 5. The molecular weight excluding hydrogens is 777 g/mol. The number of benzene rings is 5. The van der Waals surface area contributed by atoms with E-state index in [2.05, 4.69) is 157 Å². The van der Waals surface area contributed by atoms with E-state index in [0.717, 1.165) is 45.1 Å². The maximum absolute atomic E-state index is 10.5. The number of hydrogen-bond donors (Lipinski definition) is 1. The number of fused-ring (bicyclic) bond motifs is 6. The SMILES string of the molecule is CC1C(=CC=C2CCCC(C=CC3C(C)c4c(ccc5ccccc45)[N+]3(C)C)=C2C2=CC=CCC2=S)[N+](C)(C)c2ccc3ccccc3c21.Cc1ccc(S(=O)(=O)O)cc1. The number of nitrogens with zero attached hydrogens (tertiary/aromatic N) is 2. The fourth-order valence-electron chi connectivity index (χ4n) is 10.3. The molecule has 0 bridgehead atoms. The molecule has 0 aromatic heterocycles. The molecule has 9 rings (SSSR count). The van der Waals surface area contributed by atoms with Crippen LogP contribution in [-0.4, -0.2) is 52.1 Å². The van der Waals surface area contributed by atoms with Crippen LogP contribution in [0, 0.1) is 6.92 Å². The highest BCUT2D eigenvalue weighted by atomic mass is 32.2. The smallest absolute Gasteiger partial charge is 0.290 e. The second-order valence-corrected chi connectivity index (χ2v) is 19.7. The van der Waals surface area contributed by atoms with E-state index >= 15 is 0 Å². The molecule has 4 aliphatic rings. The van der Waals surface area contributed by atoms with Crippen LogP contribution >= 0.6 is 12.2 Å². The number of likely N-dealkylation sites (N-methyl/N-ethyl adjacent to an activating group) is 2. The molecule has 1 N–H and O–H groups in total. The Kier molecular flexibility index (Phi) is 11.2. The molecule has 5 aromatic rings. The zero-order valence-corrected chi connectivity index (χ0v) is 37.4. The number of allylic oxidation sites excluding steroid dienone is 11. The maximum atomic E-state index is 10.5. The third-order valence-electron chi connectivity index (χ3n) is 13.4. The van der Waals surface area contributed by atoms with Crippen LogP contribution in [0.2, 0.25) is 0 Å². The summed E-state index contributed by atoms with van der Waals surface area (Å²) in [6.07, 6.45) is 20.7. The lowest BCUT2D eigenvalue weighted by Crippen LogP contribution is -2.46. The van der Waals surface area contributed by atoms with Crippen LogP contribution in [0.5, 0.6) is 0 Å². The van der Waals surface area contributed by atoms with Crippen LogP contribution in [-0.2, 0) is 10.1 Å². The monoisotopic (exact) mass is 832 g/mol. The Morgan fingerprint density at radius 2 is 1.40 bits per heavy atom. The summed E-state index contributed by atoms with van der Waals surface area (Å²) in [5, 5.41) is 5.43. The van der Waals surface area contributed by atoms with Crippen LogP contribution in [0.4, 0.5) is 11.4 Å². The highest BCUT2D eigenvalue weighted by Crippen LogP contribution is 2.51. The van der Waals surface area contributed by atoms with Crippen LogP contribution < -0.4 is 8.97 Å². The van der Waals surface area contributed by atoms with E-state index in [9.17, 15) is 8.42 Å². The van der Waals surface area contributed by atoms with Crippen molar-refractivity contribution in [2.75, 3.05) is 28.2 Å². The zero-order chi connectivity index (χ0) is 42.6. The van der Waals surface area contributed by atoms with Gasteiger partial charge in [-0.25, -0.2) is 0 Å². The minimum absolute atomic E-state index is 0.0666. The Balaban J connectivity index is 0.000000396. The molecule has 2 aliphatic heterocycles. The minimum atomic E-state index is -4.02. The van der Waals surface area contributed by atoms with Crippen LogP contribution in [0.3, 0.4) is 0 Å². The molecule has 0 fully saturated rings. The predicted molar refractivity (Wildman–Crippen MR) is 257 cm³/mol. The Hall–Kier alpha value is -5.02. The van der Waals surface area contributed by atoms with E-state index in [1.165, 1.54) is 84.2 Å². The molecule has 0 saturated carbocycles. The van der Waals surface area contributed by atoms with Crippen molar-refractivity contribution in [3.63, 3.8) is 0 Å². The van der Waals surface area contributed by atoms with Crippen molar-refractivity contribution in [1.29, 1.82) is 0 Å². The average Bonchev–Trinajstić information content (AvgIpc) is 3.55. The molecule has 60 heavy (non-hydrogen) atoms. The summed E-state index contributed by atoms with van der Waals surface area (Å²) in [5.41, 5.74) is 13.7. The fourth-order valence-corrected chi connectivity index (χ4v) is 11.1. The first-order valence-electron chi connectivity index (χ1n) is 21.1. The fraction of sp³-hybridized carbons (Fsp3) is 0.264. The van der Waals surface area contributed by atoms with Gasteiger partial charge in [-0.15, -0.1) is 0 Å². The standard InChI is InChI=1S/C46H48N2S.C7H8O3S/c1-30-39(47(3,4)41-28-22-32-14-7-9-18-36(32)44(30)41)26-24-34-16-13-17-35(46(34)38-20-11-12-21-43(38)49)25-27-40-31(2)45-37-19-10-8-15-33(37)23-29-42(45)48(40,5)6;1-6-2-4-7(5-3-6)11(8,9)10/h7-12,14-15,18-20,22-31,39H,13,16-17,21H2,1-6H3;2-5H,1H3,(H,8,9,10)/q+2;. The molecule has 0 amide bonds. The maximum Gasteiger partial charge on any atom is 0.294 e. The van der Waals surface area contributed by atoms with E-state index in [-0.39, 0.29) is 4.90 Å². The van der Waals surface area contributed by atoms with E-state index in [1.54, 1.807) is 12.1 Å². The van der Waals surface area contributed by atoms with Crippen molar-refractivity contribution in [2.45, 2.75) is 69.2 Å². The number of quaternary nitrogens is 2. The quantitative estimate of drug-likeness (QED) is 0.109. The van der Waals surface area contributed by atoms with Crippen molar-refractivity contribution < 1.29 is 13.0 Å². The Labute approximate surface area is 362 Å². The molecule has 2 heterocycles. The van der Waals surface area contributed by atoms with E-state index in [1.807, 2.05) is 6.92 Å². The molecule has 5 nitrogen and oxygen atoms in total. The van der Waals surface area contributed by atoms with Crippen molar-refractivity contribution in [3.8, 4) is 0 Å². The zero-order valence-electron chi connectivity index (χ0n) is 35.8. The van der Waals surface area contributed by atoms with Gasteiger partial charge in [-0.2, -0.15) is 8.42 Å². The van der Waals surface area contributed by atoms with Gasteiger partial charge in [0.25, 0.3) is 10.1 Å². The predicted octanol–water partition coefficient (Wildman–Crippen LogP) is 12.8. The topological polar surface area (TPSA) is 54.4 Å². The molecule has 0 spiro atoms. The average molecular weight is 833 g/mol. The number of thiocarbonyl (C=S) groups is 1. The summed E-state index contributed by atoms with van der Waals surface area (Å²) in [4.78, 5) is 0.986. The first kappa shape index (κ1) is 41.7. The third kappa shape index (κ3) is 7.52. The lowest BCUT2D eigenvalue weighted by atomic mass is 9.80. The number of hydrogen-bond acceptors (Lipinski definition) is 3. The van der Waals surface area contributed by atoms with Gasteiger partial charge in [0.1, 0.15) is 23.1 Å². The van der Waals surface area contributed by atoms with Gasteiger partial charge in [0.2, 0.25) is 0 Å². The second kappa shape index (κ2) is 16.1. The van der Waals surface area contributed by atoms with E-state index < -0.39 is 10.1 Å². The van der Waals surface area contributed by atoms with Crippen molar-refractivity contribution in [1.82, 2.24) is 8.97 Å². The number of aryl methyl sites for hydroxylation is 1. The van der Waals surface area contributed by atoms with Gasteiger partial charge in [0, 0.05) is 40.5 Å². The molecule has 5 aromatic carbocycles. The second-order valence-electron chi connectivity index (χ2n) is 17.8. The van der Waals surface area contributed by atoms with Crippen molar-refractivity contribution >= 4 is 60.1 Å². The van der Waals surface area contributed by atoms with Crippen LogP contribution in [0.25, 0.3) is 21.5 Å². The lowest BCUT2D eigenvalue weighted by Gasteiger charge is -2.32. The highest BCUT2D eigenvalue weighted by molar-refractivity contribution is 7.85. The van der Waals surface area contributed by atoms with E-state index in [4.69, 9.17) is 16.8 Å². The summed E-state index contributed by atoms with van der Waals surface area (Å²) < 4.78 is 31.2. The first-order valence-corrected chi connectivity index (χ1v) is 22.9. The summed E-state index contributed by atoms with van der Waals surface area (Å²) in [5.74, 6) is 0.752. The van der Waals surface area contributed by atoms with Gasteiger partial charge in [-0.05, 0) is 113 Å². The molecule has 3 unspecified atom stereocenters. The molecular formula is C53H56N2O3S2+2. The highest BCUT2D eigenvalue weighted by Gasteiger charge is 2.45. The van der Waals surface area contributed by atoms with Crippen LogP contribution in [0.1, 0.15) is 68.1 Å². The van der Waals surface area contributed by atoms with E-state index in [0.29, 0.717) is 17.9 Å². The first-order chi connectivity index (χ1) is 28.6. The Morgan fingerprint density at radius 3 is 2.05 bits per heavy atom. The summed E-state index contributed by atoms with van der Waals surface area (Å²) in [6.45, 7) is 6.66. The van der Waals surface area contributed by atoms with Crippen LogP contribution in [0.15, 0.2) is 172 Å². The van der Waals surface area contributed by atoms with Gasteiger partial charge >= 0.3 is 0 Å². The molecule has 0 radical (unpaired) electrons. The van der Waals surface area contributed by atoms with Gasteiger partial charge in [0.15, 0.2) is 0 Å². The van der Waals surface area contributed by atoms with Crippen molar-refractivity contribution in [3.05, 3.63) is 184 Å². The van der Waals surface area contributed by atoms with Gasteiger partial charge in [-0.1, -0.05) is 116 Å². The Bertz CT molecular complexity index is 2850. The van der Waals surface area contributed by atoms with Gasteiger partial charge in [0.05, 0.1) is 39.0 Å². The largest absolute Gasteiger partial charge is 0.294 e. The third-order valence-corrected chi connectivity index (χ3v) is 14.7. The van der Waals surface area contributed by atoms with Gasteiger partial charge in [-0.3, -0.25) is 13.5 Å². The Morgan fingerprint density at radius 1 is 0.767 bits per heavy atom.